The van der Waals surface area contributed by atoms with E-state index in [2.05, 4.69) is 38.0 Å². The van der Waals surface area contributed by atoms with Gasteiger partial charge in [0.2, 0.25) is 11.8 Å². The number of hydrogen-bond donors (Lipinski definition) is 0. The number of allylic oxidation sites excluding steroid dienone is 2. The lowest BCUT2D eigenvalue weighted by Crippen LogP contribution is -2.32. The maximum Gasteiger partial charge on any atom is 0.238 e. The molecule has 2 amide bonds. The van der Waals surface area contributed by atoms with Gasteiger partial charge in [0, 0.05) is 21.6 Å². The molecule has 4 atom stereocenters. The molecular weight excluding hydrogens is 430 g/mol. The fourth-order valence-corrected chi connectivity index (χ4v) is 5.44. The van der Waals surface area contributed by atoms with E-state index in [1.165, 1.54) is 4.90 Å². The van der Waals surface area contributed by atoms with Crippen LogP contribution in [0.2, 0.25) is 0 Å². The summed E-state index contributed by atoms with van der Waals surface area (Å²) >= 11 is 3.46. The number of nitrogens with zero attached hydrogens (tertiary/aromatic N) is 3. The van der Waals surface area contributed by atoms with Gasteiger partial charge in [-0.1, -0.05) is 28.1 Å². The third-order valence-corrected chi connectivity index (χ3v) is 6.89. The second-order valence-corrected chi connectivity index (χ2v) is 8.87. The third-order valence-electron chi connectivity index (χ3n) is 6.40. The van der Waals surface area contributed by atoms with Crippen molar-refractivity contribution in [1.82, 2.24) is 9.97 Å². The SMILES string of the molecule is O=C1[C@@H]2[C@H]3C=CC(C3)[C@@H]2C(=O)N1c1ccc(-c2ncc3cc(Br)ccc3n2)cc1. The largest absolute Gasteiger partial charge is 0.274 e. The fraction of sp³-hybridized carbons (Fsp3) is 0.217. The Labute approximate surface area is 175 Å². The van der Waals surface area contributed by atoms with Crippen molar-refractivity contribution >= 4 is 44.3 Å². The minimum absolute atomic E-state index is 0.0582. The number of imide groups is 1. The zero-order chi connectivity index (χ0) is 19.7. The number of anilines is 1. The van der Waals surface area contributed by atoms with Crippen LogP contribution in [0.15, 0.2) is 65.3 Å². The Balaban J connectivity index is 1.32. The molecule has 5 nitrogen and oxygen atoms in total. The maximum absolute atomic E-state index is 13.0. The lowest BCUT2D eigenvalue weighted by atomic mass is 9.85. The number of aromatic nitrogens is 2. The van der Waals surface area contributed by atoms with E-state index in [1.807, 2.05) is 42.5 Å². The lowest BCUT2D eigenvalue weighted by molar-refractivity contribution is -0.123. The number of carbonyl (C=O) groups excluding carboxylic acids is 2. The van der Waals surface area contributed by atoms with Crippen molar-refractivity contribution in [3.63, 3.8) is 0 Å². The van der Waals surface area contributed by atoms with Gasteiger partial charge in [-0.3, -0.25) is 14.5 Å². The third kappa shape index (κ3) is 2.45. The Bertz CT molecular complexity index is 1190. The van der Waals surface area contributed by atoms with Gasteiger partial charge in [0.25, 0.3) is 0 Å². The molecule has 6 rings (SSSR count). The van der Waals surface area contributed by atoms with E-state index in [4.69, 9.17) is 0 Å². The van der Waals surface area contributed by atoms with Gasteiger partial charge in [0.1, 0.15) is 0 Å². The first-order chi connectivity index (χ1) is 14.1. The van der Waals surface area contributed by atoms with Crippen molar-refractivity contribution in [3.05, 3.63) is 65.3 Å². The van der Waals surface area contributed by atoms with Crippen molar-refractivity contribution in [3.8, 4) is 11.4 Å². The molecule has 2 aromatic carbocycles. The fourth-order valence-electron chi connectivity index (χ4n) is 5.06. The molecule has 29 heavy (non-hydrogen) atoms. The van der Waals surface area contributed by atoms with Crippen molar-refractivity contribution in [1.29, 1.82) is 0 Å². The van der Waals surface area contributed by atoms with Crippen LogP contribution in [0.5, 0.6) is 0 Å². The van der Waals surface area contributed by atoms with Gasteiger partial charge in [-0.2, -0.15) is 0 Å². The number of amides is 2. The van der Waals surface area contributed by atoms with Gasteiger partial charge in [-0.15, -0.1) is 0 Å². The summed E-state index contributed by atoms with van der Waals surface area (Å²) in [6.45, 7) is 0. The first-order valence-corrected chi connectivity index (χ1v) is 10.5. The molecule has 2 fully saturated rings. The summed E-state index contributed by atoms with van der Waals surface area (Å²) < 4.78 is 0.985. The molecule has 6 heteroatoms. The van der Waals surface area contributed by atoms with Crippen LogP contribution in [0.3, 0.4) is 0 Å². The van der Waals surface area contributed by atoms with Gasteiger partial charge in [0.05, 0.1) is 23.0 Å². The molecule has 0 radical (unpaired) electrons. The molecule has 0 spiro atoms. The summed E-state index contributed by atoms with van der Waals surface area (Å²) in [6.07, 6.45) is 6.96. The molecule has 142 valence electrons. The molecular formula is C23H16BrN3O2. The Hall–Kier alpha value is -2.86. The Kier molecular flexibility index (Phi) is 3.56. The van der Waals surface area contributed by atoms with E-state index in [9.17, 15) is 9.59 Å². The molecule has 3 aromatic rings. The number of halogens is 1. The average molecular weight is 446 g/mol. The van der Waals surface area contributed by atoms with E-state index in [0.717, 1.165) is 27.4 Å². The first-order valence-electron chi connectivity index (χ1n) is 9.69. The average Bonchev–Trinajstić information content (AvgIpc) is 3.42. The predicted molar refractivity (Wildman–Crippen MR) is 113 cm³/mol. The molecule has 2 aliphatic carbocycles. The molecule has 1 unspecified atom stereocenters. The number of rotatable bonds is 2. The second-order valence-electron chi connectivity index (χ2n) is 7.96. The van der Waals surface area contributed by atoms with Crippen LogP contribution in [0, 0.1) is 23.7 Å². The van der Waals surface area contributed by atoms with E-state index >= 15 is 0 Å². The summed E-state index contributed by atoms with van der Waals surface area (Å²) in [5.41, 5.74) is 2.34. The Morgan fingerprint density at radius 3 is 2.31 bits per heavy atom. The van der Waals surface area contributed by atoms with Crippen LogP contribution < -0.4 is 4.90 Å². The standard InChI is InChI=1S/C23H16BrN3O2/c24-16-5-8-18-15(10-16)11-25-21(26-18)12-3-6-17(7-4-12)27-22(28)19-13-1-2-14(9-13)20(19)23(27)29/h1-8,10-11,13-14,19-20H,9H2/t13-,14?,19+,20-/m0/s1. The van der Waals surface area contributed by atoms with Crippen LogP contribution in [0.4, 0.5) is 5.69 Å². The van der Waals surface area contributed by atoms with Crippen molar-refractivity contribution in [2.45, 2.75) is 6.42 Å². The molecule has 1 aliphatic heterocycles. The molecule has 0 N–H and O–H groups in total. The molecule has 1 saturated carbocycles. The minimum Gasteiger partial charge on any atom is -0.274 e. The normalized spacial score (nSPS) is 27.3. The molecule has 2 bridgehead atoms. The highest BCUT2D eigenvalue weighted by molar-refractivity contribution is 9.10. The second kappa shape index (κ2) is 6.07. The topological polar surface area (TPSA) is 63.2 Å². The van der Waals surface area contributed by atoms with Crippen molar-refractivity contribution < 1.29 is 9.59 Å². The van der Waals surface area contributed by atoms with E-state index in [0.29, 0.717) is 11.5 Å². The van der Waals surface area contributed by atoms with Crippen molar-refractivity contribution in [2.75, 3.05) is 4.90 Å². The lowest BCUT2D eigenvalue weighted by Gasteiger charge is -2.17. The highest BCUT2D eigenvalue weighted by Crippen LogP contribution is 2.53. The van der Waals surface area contributed by atoms with Crippen molar-refractivity contribution in [2.24, 2.45) is 23.7 Å². The monoisotopic (exact) mass is 445 g/mol. The van der Waals surface area contributed by atoms with Crippen LogP contribution in [0.25, 0.3) is 22.3 Å². The molecule has 1 saturated heterocycles. The first kappa shape index (κ1) is 17.0. The molecule has 3 aliphatic rings. The van der Waals surface area contributed by atoms with Crippen LogP contribution in [-0.4, -0.2) is 21.8 Å². The summed E-state index contributed by atoms with van der Waals surface area (Å²) in [5.74, 6) is 0.577. The molecule has 2 heterocycles. The Morgan fingerprint density at radius 1 is 0.931 bits per heavy atom. The Morgan fingerprint density at radius 2 is 1.62 bits per heavy atom. The van der Waals surface area contributed by atoms with Gasteiger partial charge in [-0.05, 0) is 60.7 Å². The van der Waals surface area contributed by atoms with Gasteiger partial charge >= 0.3 is 0 Å². The van der Waals surface area contributed by atoms with E-state index < -0.39 is 0 Å². The van der Waals surface area contributed by atoms with Gasteiger partial charge < -0.3 is 0 Å². The van der Waals surface area contributed by atoms with Gasteiger partial charge in [-0.25, -0.2) is 9.97 Å². The summed E-state index contributed by atoms with van der Waals surface area (Å²) in [5, 5.41) is 0.961. The highest BCUT2D eigenvalue weighted by Gasteiger charge is 2.59. The number of hydrogen-bond acceptors (Lipinski definition) is 4. The van der Waals surface area contributed by atoms with Crippen LogP contribution in [0.1, 0.15) is 6.42 Å². The number of fused-ring (bicyclic) bond motifs is 6. The zero-order valence-corrected chi connectivity index (χ0v) is 16.9. The summed E-state index contributed by atoms with van der Waals surface area (Å²) in [4.78, 5) is 36.4. The minimum atomic E-state index is -0.180. The number of benzene rings is 2. The zero-order valence-electron chi connectivity index (χ0n) is 15.3. The van der Waals surface area contributed by atoms with Crippen LogP contribution in [-0.2, 0) is 9.59 Å². The summed E-state index contributed by atoms with van der Waals surface area (Å²) in [7, 11) is 0. The van der Waals surface area contributed by atoms with Gasteiger partial charge in [0.15, 0.2) is 5.82 Å². The van der Waals surface area contributed by atoms with E-state index in [1.54, 1.807) is 6.20 Å². The highest BCUT2D eigenvalue weighted by atomic mass is 79.9. The quantitative estimate of drug-likeness (QED) is 0.433. The summed E-state index contributed by atoms with van der Waals surface area (Å²) in [6, 6.07) is 13.3. The molecule has 1 aromatic heterocycles. The maximum atomic E-state index is 13.0. The van der Waals surface area contributed by atoms with Crippen LogP contribution >= 0.6 is 15.9 Å². The predicted octanol–water partition coefficient (Wildman–Crippen LogP) is 4.37. The van der Waals surface area contributed by atoms with E-state index in [-0.39, 0.29) is 35.5 Å². The smallest absolute Gasteiger partial charge is 0.238 e. The number of carbonyl (C=O) groups is 2.